The van der Waals surface area contributed by atoms with Crippen molar-refractivity contribution >= 4 is 5.95 Å². The summed E-state index contributed by atoms with van der Waals surface area (Å²) >= 11 is 0. The second kappa shape index (κ2) is 5.80. The van der Waals surface area contributed by atoms with E-state index >= 15 is 0 Å². The van der Waals surface area contributed by atoms with Gasteiger partial charge in [0.05, 0.1) is 6.61 Å². The summed E-state index contributed by atoms with van der Waals surface area (Å²) in [5, 5.41) is 12.6. The van der Waals surface area contributed by atoms with Gasteiger partial charge in [-0.2, -0.15) is 0 Å². The number of hydrogen-bond acceptors (Lipinski definition) is 4. The molecule has 90 valence electrons. The highest BCUT2D eigenvalue weighted by molar-refractivity contribution is 5.24. The molecule has 0 saturated heterocycles. The number of rotatable bonds is 6. The fourth-order valence-corrected chi connectivity index (χ4v) is 1.53. The highest BCUT2D eigenvalue weighted by atomic mass is 16.3. The topological polar surface area (TPSA) is 58.0 Å². The van der Waals surface area contributed by atoms with Gasteiger partial charge in [-0.1, -0.05) is 13.8 Å². The number of aliphatic hydroxyl groups excluding tert-OH is 1. The monoisotopic (exact) mass is 223 g/mol. The lowest BCUT2D eigenvalue weighted by Gasteiger charge is -2.29. The molecule has 1 aromatic heterocycles. The standard InChI is InChI=1S/C12H21N3O/c1-4-12(5-2,9-16)8-15-11-13-6-10(3)7-14-11/h6-7,16H,4-5,8-9H2,1-3H3,(H,13,14,15). The lowest BCUT2D eigenvalue weighted by molar-refractivity contribution is 0.127. The lowest BCUT2D eigenvalue weighted by Crippen LogP contribution is -2.32. The Balaban J connectivity index is 2.58. The van der Waals surface area contributed by atoms with Crippen LogP contribution >= 0.6 is 0 Å². The molecule has 1 aromatic rings. The van der Waals surface area contributed by atoms with Gasteiger partial charge < -0.3 is 10.4 Å². The number of nitrogens with zero attached hydrogens (tertiary/aromatic N) is 2. The minimum absolute atomic E-state index is 0.0613. The van der Waals surface area contributed by atoms with Crippen LogP contribution in [0.5, 0.6) is 0 Å². The molecule has 1 rings (SSSR count). The number of nitrogens with one attached hydrogen (secondary N) is 1. The summed E-state index contributed by atoms with van der Waals surface area (Å²) in [6.07, 6.45) is 5.46. The second-order valence-electron chi connectivity index (χ2n) is 4.30. The Hall–Kier alpha value is -1.16. The number of aryl methyl sites for hydroxylation is 1. The predicted octanol–water partition coefficient (Wildman–Crippen LogP) is 2.00. The Morgan fingerprint density at radius 2 is 1.81 bits per heavy atom. The van der Waals surface area contributed by atoms with Gasteiger partial charge >= 0.3 is 0 Å². The van der Waals surface area contributed by atoms with Gasteiger partial charge in [0.2, 0.25) is 5.95 Å². The Kier molecular flexibility index (Phi) is 4.68. The maximum atomic E-state index is 9.42. The molecule has 16 heavy (non-hydrogen) atoms. The fourth-order valence-electron chi connectivity index (χ4n) is 1.53. The molecule has 0 aliphatic rings. The molecule has 0 amide bonds. The first kappa shape index (κ1) is 12.9. The molecule has 4 nitrogen and oxygen atoms in total. The van der Waals surface area contributed by atoms with E-state index in [1.165, 1.54) is 0 Å². The van der Waals surface area contributed by atoms with Crippen LogP contribution in [0.25, 0.3) is 0 Å². The SMILES string of the molecule is CCC(CC)(CO)CNc1ncc(C)cn1. The molecule has 2 N–H and O–H groups in total. The minimum Gasteiger partial charge on any atom is -0.396 e. The van der Waals surface area contributed by atoms with Crippen LogP contribution in [0.4, 0.5) is 5.95 Å². The first-order valence-corrected chi connectivity index (χ1v) is 5.79. The van der Waals surface area contributed by atoms with Crippen molar-refractivity contribution in [2.45, 2.75) is 33.6 Å². The van der Waals surface area contributed by atoms with Gasteiger partial charge in [-0.3, -0.25) is 0 Å². The summed E-state index contributed by atoms with van der Waals surface area (Å²) < 4.78 is 0. The van der Waals surface area contributed by atoms with Crippen LogP contribution in [-0.4, -0.2) is 28.2 Å². The van der Waals surface area contributed by atoms with E-state index in [0.29, 0.717) is 12.5 Å². The largest absolute Gasteiger partial charge is 0.396 e. The third-order valence-corrected chi connectivity index (χ3v) is 3.24. The molecule has 1 heterocycles. The summed E-state index contributed by atoms with van der Waals surface area (Å²) in [6, 6.07) is 0. The van der Waals surface area contributed by atoms with Gasteiger partial charge in [-0.15, -0.1) is 0 Å². The van der Waals surface area contributed by atoms with E-state index in [1.54, 1.807) is 12.4 Å². The van der Waals surface area contributed by atoms with E-state index in [4.69, 9.17) is 0 Å². The van der Waals surface area contributed by atoms with E-state index in [9.17, 15) is 5.11 Å². The van der Waals surface area contributed by atoms with E-state index in [0.717, 1.165) is 18.4 Å². The van der Waals surface area contributed by atoms with Gasteiger partial charge in [0.15, 0.2) is 0 Å². The van der Waals surface area contributed by atoms with Crippen molar-refractivity contribution in [2.75, 3.05) is 18.5 Å². The van der Waals surface area contributed by atoms with Gasteiger partial charge in [0, 0.05) is 24.4 Å². The van der Waals surface area contributed by atoms with Gasteiger partial charge in [0.1, 0.15) is 0 Å². The van der Waals surface area contributed by atoms with Crippen LogP contribution in [0, 0.1) is 12.3 Å². The molecule has 0 aliphatic heterocycles. The van der Waals surface area contributed by atoms with Gasteiger partial charge in [-0.05, 0) is 25.3 Å². The molecule has 4 heteroatoms. The van der Waals surface area contributed by atoms with E-state index in [2.05, 4.69) is 29.1 Å². The maximum absolute atomic E-state index is 9.42. The summed E-state index contributed by atoms with van der Waals surface area (Å²) in [4.78, 5) is 8.36. The van der Waals surface area contributed by atoms with Crippen LogP contribution in [0.15, 0.2) is 12.4 Å². The number of aromatic nitrogens is 2. The highest BCUT2D eigenvalue weighted by Gasteiger charge is 2.25. The van der Waals surface area contributed by atoms with E-state index < -0.39 is 0 Å². The Morgan fingerprint density at radius 3 is 2.25 bits per heavy atom. The van der Waals surface area contributed by atoms with Crippen LogP contribution < -0.4 is 5.32 Å². The van der Waals surface area contributed by atoms with Gasteiger partial charge in [-0.25, -0.2) is 9.97 Å². The minimum atomic E-state index is -0.0613. The van der Waals surface area contributed by atoms with E-state index in [-0.39, 0.29) is 12.0 Å². The first-order chi connectivity index (χ1) is 7.65. The summed E-state index contributed by atoms with van der Waals surface area (Å²) in [6.45, 7) is 7.05. The Morgan fingerprint density at radius 1 is 1.25 bits per heavy atom. The first-order valence-electron chi connectivity index (χ1n) is 5.79. The molecule has 0 saturated carbocycles. The van der Waals surface area contributed by atoms with Crippen molar-refractivity contribution in [3.05, 3.63) is 18.0 Å². The van der Waals surface area contributed by atoms with Crippen LogP contribution in [0.1, 0.15) is 32.3 Å². The van der Waals surface area contributed by atoms with Crippen molar-refractivity contribution in [1.29, 1.82) is 0 Å². The van der Waals surface area contributed by atoms with Crippen molar-refractivity contribution in [3.63, 3.8) is 0 Å². The lowest BCUT2D eigenvalue weighted by atomic mass is 9.83. The van der Waals surface area contributed by atoms with Crippen LogP contribution in [0.2, 0.25) is 0 Å². The van der Waals surface area contributed by atoms with Crippen molar-refractivity contribution < 1.29 is 5.11 Å². The smallest absolute Gasteiger partial charge is 0.222 e. The van der Waals surface area contributed by atoms with Crippen molar-refractivity contribution in [2.24, 2.45) is 5.41 Å². The third-order valence-electron chi connectivity index (χ3n) is 3.24. The molecule has 0 atom stereocenters. The van der Waals surface area contributed by atoms with Crippen LogP contribution in [-0.2, 0) is 0 Å². The summed E-state index contributed by atoms with van der Waals surface area (Å²) in [7, 11) is 0. The molecular formula is C12H21N3O. The molecular weight excluding hydrogens is 202 g/mol. The predicted molar refractivity (Wildman–Crippen MR) is 65.4 cm³/mol. The van der Waals surface area contributed by atoms with Crippen molar-refractivity contribution in [1.82, 2.24) is 9.97 Å². The zero-order chi connectivity index (χ0) is 12.0. The number of hydrogen-bond donors (Lipinski definition) is 2. The normalized spacial score (nSPS) is 11.5. The molecule has 0 aliphatic carbocycles. The highest BCUT2D eigenvalue weighted by Crippen LogP contribution is 2.25. The average Bonchev–Trinajstić information content (AvgIpc) is 2.34. The van der Waals surface area contributed by atoms with Gasteiger partial charge in [0.25, 0.3) is 0 Å². The molecule has 0 radical (unpaired) electrons. The molecule has 0 fully saturated rings. The average molecular weight is 223 g/mol. The fraction of sp³-hybridized carbons (Fsp3) is 0.667. The van der Waals surface area contributed by atoms with Crippen molar-refractivity contribution in [3.8, 4) is 0 Å². The maximum Gasteiger partial charge on any atom is 0.222 e. The zero-order valence-corrected chi connectivity index (χ0v) is 10.3. The third kappa shape index (κ3) is 3.17. The summed E-state index contributed by atoms with van der Waals surface area (Å²) in [5.41, 5.74) is 0.985. The zero-order valence-electron chi connectivity index (χ0n) is 10.3. The summed E-state index contributed by atoms with van der Waals surface area (Å²) in [5.74, 6) is 0.630. The quantitative estimate of drug-likeness (QED) is 0.774. The van der Waals surface area contributed by atoms with E-state index in [1.807, 2.05) is 6.92 Å². The molecule has 0 aromatic carbocycles. The Labute approximate surface area is 97.1 Å². The number of anilines is 1. The molecule has 0 spiro atoms. The molecule has 0 unspecified atom stereocenters. The van der Waals surface area contributed by atoms with Crippen LogP contribution in [0.3, 0.4) is 0 Å². The second-order valence-corrected chi connectivity index (χ2v) is 4.30. The Bertz CT molecular complexity index is 298. The number of aliphatic hydroxyl groups is 1. The molecule has 0 bridgehead atoms.